The van der Waals surface area contributed by atoms with Gasteiger partial charge in [0.1, 0.15) is 0 Å². The van der Waals surface area contributed by atoms with Crippen LogP contribution in [0.15, 0.2) is 12.2 Å². The Morgan fingerprint density at radius 1 is 1.32 bits per heavy atom. The third-order valence-electron chi connectivity index (χ3n) is 4.58. The first-order valence-corrected chi connectivity index (χ1v) is 7.60. The molecule has 0 amide bonds. The highest BCUT2D eigenvalue weighted by molar-refractivity contribution is 5.00. The third kappa shape index (κ3) is 4.59. The number of hydrazine groups is 1. The Labute approximate surface area is 118 Å². The topological polar surface area (TPSA) is 47.3 Å². The van der Waals surface area contributed by atoms with Gasteiger partial charge in [-0.15, -0.1) is 6.58 Å². The van der Waals surface area contributed by atoms with E-state index in [0.717, 1.165) is 32.3 Å². The summed E-state index contributed by atoms with van der Waals surface area (Å²) in [5.74, 6) is 5.81. The first kappa shape index (κ1) is 16.7. The molecule has 3 heteroatoms. The van der Waals surface area contributed by atoms with E-state index in [1.54, 1.807) is 0 Å². The van der Waals surface area contributed by atoms with E-state index < -0.39 is 0 Å². The Bertz CT molecular complexity index is 289. The number of hydrogen-bond acceptors (Lipinski definition) is 3. The molecule has 0 heterocycles. The summed E-state index contributed by atoms with van der Waals surface area (Å²) in [5, 5.41) is 0. The van der Waals surface area contributed by atoms with Crippen molar-refractivity contribution in [2.45, 2.75) is 77.9 Å². The van der Waals surface area contributed by atoms with Crippen LogP contribution in [0.25, 0.3) is 0 Å². The van der Waals surface area contributed by atoms with Crippen molar-refractivity contribution >= 4 is 0 Å². The minimum absolute atomic E-state index is 0.0888. The van der Waals surface area contributed by atoms with Gasteiger partial charge in [-0.1, -0.05) is 19.4 Å². The second-order valence-corrected chi connectivity index (χ2v) is 6.88. The molecule has 0 radical (unpaired) electrons. The molecule has 112 valence electrons. The highest BCUT2D eigenvalue weighted by Gasteiger charge is 2.44. The van der Waals surface area contributed by atoms with Crippen LogP contribution in [0.1, 0.15) is 66.2 Å². The van der Waals surface area contributed by atoms with Gasteiger partial charge < -0.3 is 4.74 Å². The fraction of sp³-hybridized carbons (Fsp3) is 0.875. The fourth-order valence-electron chi connectivity index (χ4n) is 3.12. The highest BCUT2D eigenvalue weighted by Crippen LogP contribution is 2.44. The number of rotatable bonds is 7. The van der Waals surface area contributed by atoms with Crippen molar-refractivity contribution in [1.82, 2.24) is 5.43 Å². The van der Waals surface area contributed by atoms with Crippen molar-refractivity contribution in [3.63, 3.8) is 0 Å². The number of nitrogens with two attached hydrogens (primary N) is 1. The van der Waals surface area contributed by atoms with Gasteiger partial charge in [0.15, 0.2) is 0 Å². The number of ether oxygens (including phenoxy) is 1. The Morgan fingerprint density at radius 3 is 2.32 bits per heavy atom. The Hall–Kier alpha value is -0.380. The average molecular weight is 268 g/mol. The molecule has 0 spiro atoms. The lowest BCUT2D eigenvalue weighted by molar-refractivity contribution is -0.108. The van der Waals surface area contributed by atoms with Gasteiger partial charge >= 0.3 is 0 Å². The van der Waals surface area contributed by atoms with Crippen molar-refractivity contribution in [3.05, 3.63) is 12.2 Å². The predicted octanol–water partition coefficient (Wildman–Crippen LogP) is 3.55. The molecule has 0 saturated heterocycles. The second-order valence-electron chi connectivity index (χ2n) is 6.88. The first-order valence-electron chi connectivity index (χ1n) is 7.60. The van der Waals surface area contributed by atoms with Gasteiger partial charge in [-0.25, -0.2) is 0 Å². The molecule has 3 nitrogen and oxygen atoms in total. The highest BCUT2D eigenvalue weighted by atomic mass is 16.5. The molecule has 1 aliphatic rings. The van der Waals surface area contributed by atoms with Crippen molar-refractivity contribution in [1.29, 1.82) is 0 Å². The molecule has 0 aromatic heterocycles. The molecule has 1 saturated carbocycles. The van der Waals surface area contributed by atoms with E-state index in [1.165, 1.54) is 18.4 Å². The molecule has 0 bridgehead atoms. The fourth-order valence-corrected chi connectivity index (χ4v) is 3.12. The van der Waals surface area contributed by atoms with E-state index in [1.807, 2.05) is 0 Å². The van der Waals surface area contributed by atoms with Crippen LogP contribution in [0.5, 0.6) is 0 Å². The van der Waals surface area contributed by atoms with E-state index in [2.05, 4.69) is 39.7 Å². The second kappa shape index (κ2) is 6.87. The Morgan fingerprint density at radius 2 is 1.89 bits per heavy atom. The normalized spacial score (nSPS) is 23.0. The van der Waals surface area contributed by atoms with Gasteiger partial charge in [0.05, 0.1) is 11.6 Å². The summed E-state index contributed by atoms with van der Waals surface area (Å²) >= 11 is 0. The van der Waals surface area contributed by atoms with E-state index in [-0.39, 0.29) is 11.6 Å². The number of nitrogens with one attached hydrogen (secondary N) is 1. The van der Waals surface area contributed by atoms with Crippen LogP contribution >= 0.6 is 0 Å². The van der Waals surface area contributed by atoms with Gasteiger partial charge in [0.25, 0.3) is 0 Å². The summed E-state index contributed by atoms with van der Waals surface area (Å²) in [4.78, 5) is 0. The first-order chi connectivity index (χ1) is 8.85. The van der Waals surface area contributed by atoms with Gasteiger partial charge in [0, 0.05) is 6.61 Å². The quantitative estimate of drug-likeness (QED) is 0.422. The molecule has 19 heavy (non-hydrogen) atoms. The van der Waals surface area contributed by atoms with E-state index in [4.69, 9.17) is 10.6 Å². The summed E-state index contributed by atoms with van der Waals surface area (Å²) < 4.78 is 6.18. The Balaban J connectivity index is 2.76. The molecule has 1 rings (SSSR count). The summed E-state index contributed by atoms with van der Waals surface area (Å²) in [6.45, 7) is 13.6. The summed E-state index contributed by atoms with van der Waals surface area (Å²) in [7, 11) is 0. The molecule has 1 atom stereocenters. The molecular weight excluding hydrogens is 236 g/mol. The third-order valence-corrected chi connectivity index (χ3v) is 4.58. The lowest BCUT2D eigenvalue weighted by atomic mass is 9.68. The van der Waals surface area contributed by atoms with Crippen LogP contribution < -0.4 is 11.3 Å². The summed E-state index contributed by atoms with van der Waals surface area (Å²) in [5.41, 5.74) is 4.57. The van der Waals surface area contributed by atoms with Crippen LogP contribution in [-0.4, -0.2) is 18.2 Å². The maximum absolute atomic E-state index is 6.18. The van der Waals surface area contributed by atoms with Crippen LogP contribution in [0, 0.1) is 5.41 Å². The van der Waals surface area contributed by atoms with Crippen molar-refractivity contribution < 1.29 is 4.74 Å². The number of allylic oxidation sites excluding steroid dienone is 1. The molecule has 1 aliphatic carbocycles. The van der Waals surface area contributed by atoms with Crippen LogP contribution in [-0.2, 0) is 4.74 Å². The lowest BCUT2D eigenvalue weighted by Crippen LogP contribution is -2.57. The molecule has 0 aromatic carbocycles. The zero-order valence-corrected chi connectivity index (χ0v) is 13.2. The van der Waals surface area contributed by atoms with Gasteiger partial charge in [-0.05, 0) is 57.8 Å². The molecule has 0 aromatic rings. The maximum Gasteiger partial charge on any atom is 0.0848 e. The minimum Gasteiger partial charge on any atom is -0.374 e. The van der Waals surface area contributed by atoms with Gasteiger partial charge in [-0.2, -0.15) is 0 Å². The van der Waals surface area contributed by atoms with E-state index in [0.29, 0.717) is 5.41 Å². The standard InChI is InChI=1S/C16H32N2O/c1-6-19-16(11-9-15(4,5)10-12-16)14(18-17)8-7-13(2)3/h14,18H,2,6-12,17H2,1,3-5H3. The molecule has 1 unspecified atom stereocenters. The molecule has 0 aliphatic heterocycles. The van der Waals surface area contributed by atoms with Gasteiger partial charge in [-0.3, -0.25) is 11.3 Å². The average Bonchev–Trinajstić information content (AvgIpc) is 2.33. The number of hydrogen-bond donors (Lipinski definition) is 2. The van der Waals surface area contributed by atoms with Crippen LogP contribution in [0.3, 0.4) is 0 Å². The van der Waals surface area contributed by atoms with Crippen molar-refractivity contribution in [3.8, 4) is 0 Å². The SMILES string of the molecule is C=C(C)CCC(NN)C1(OCC)CCC(C)(C)CC1. The monoisotopic (exact) mass is 268 g/mol. The summed E-state index contributed by atoms with van der Waals surface area (Å²) in [6, 6.07) is 0.222. The van der Waals surface area contributed by atoms with Crippen molar-refractivity contribution in [2.75, 3.05) is 6.61 Å². The summed E-state index contributed by atoms with van der Waals surface area (Å²) in [6.07, 6.45) is 6.62. The predicted molar refractivity (Wildman–Crippen MR) is 81.8 cm³/mol. The molecule has 3 N–H and O–H groups in total. The van der Waals surface area contributed by atoms with Gasteiger partial charge in [0.2, 0.25) is 0 Å². The minimum atomic E-state index is -0.0888. The van der Waals surface area contributed by atoms with E-state index in [9.17, 15) is 0 Å². The van der Waals surface area contributed by atoms with Crippen LogP contribution in [0.2, 0.25) is 0 Å². The van der Waals surface area contributed by atoms with Crippen molar-refractivity contribution in [2.24, 2.45) is 11.3 Å². The largest absolute Gasteiger partial charge is 0.374 e. The smallest absolute Gasteiger partial charge is 0.0848 e. The molecule has 1 fully saturated rings. The Kier molecular flexibility index (Phi) is 6.03. The molecular formula is C16H32N2O. The zero-order valence-electron chi connectivity index (χ0n) is 13.2. The maximum atomic E-state index is 6.18. The van der Waals surface area contributed by atoms with E-state index >= 15 is 0 Å². The zero-order chi connectivity index (χ0) is 14.5. The van der Waals surface area contributed by atoms with Crippen LogP contribution in [0.4, 0.5) is 0 Å². The lowest BCUT2D eigenvalue weighted by Gasteiger charge is -2.47.